The number of amides is 1. The first-order valence-corrected chi connectivity index (χ1v) is 9.23. The molecule has 0 radical (unpaired) electrons. The van der Waals surface area contributed by atoms with E-state index >= 15 is 0 Å². The number of rotatable bonds is 6. The van der Waals surface area contributed by atoms with E-state index in [0.29, 0.717) is 22.4 Å². The molecule has 0 saturated heterocycles. The van der Waals surface area contributed by atoms with Crippen LogP contribution in [-0.4, -0.2) is 32.2 Å². The van der Waals surface area contributed by atoms with Crippen molar-refractivity contribution in [1.82, 2.24) is 4.98 Å². The molecule has 0 saturated carbocycles. The van der Waals surface area contributed by atoms with E-state index in [9.17, 15) is 4.79 Å². The van der Waals surface area contributed by atoms with Gasteiger partial charge in [-0.2, -0.15) is 0 Å². The van der Waals surface area contributed by atoms with Gasteiger partial charge in [0.25, 0.3) is 0 Å². The third-order valence-electron chi connectivity index (χ3n) is 4.17. The molecule has 0 unspecified atom stereocenters. The number of hydrogen-bond acceptors (Lipinski definition) is 6. The first-order valence-electron chi connectivity index (χ1n) is 8.41. The van der Waals surface area contributed by atoms with E-state index in [1.165, 1.54) is 16.9 Å². The van der Waals surface area contributed by atoms with Crippen molar-refractivity contribution in [3.05, 3.63) is 41.0 Å². The van der Waals surface area contributed by atoms with Crippen LogP contribution < -0.4 is 19.5 Å². The predicted molar refractivity (Wildman–Crippen MR) is 108 cm³/mol. The molecule has 0 bridgehead atoms. The Labute approximate surface area is 162 Å². The Morgan fingerprint density at radius 2 is 1.70 bits per heavy atom. The SMILES string of the molecule is COc1cc(CC(=O)Nc2nc3c(C)cc(C)cc3s2)cc(OC)c1OC. The maximum absolute atomic E-state index is 12.5. The van der Waals surface area contributed by atoms with Crippen molar-refractivity contribution in [2.24, 2.45) is 0 Å². The molecule has 1 N–H and O–H groups in total. The number of anilines is 1. The van der Waals surface area contributed by atoms with Gasteiger partial charge < -0.3 is 19.5 Å². The topological polar surface area (TPSA) is 69.7 Å². The van der Waals surface area contributed by atoms with Crippen LogP contribution in [0.4, 0.5) is 5.13 Å². The van der Waals surface area contributed by atoms with Gasteiger partial charge in [-0.15, -0.1) is 0 Å². The molecule has 27 heavy (non-hydrogen) atoms. The number of methoxy groups -OCH3 is 3. The number of nitrogens with zero attached hydrogens (tertiary/aromatic N) is 1. The molecule has 1 amide bonds. The van der Waals surface area contributed by atoms with Gasteiger partial charge in [-0.05, 0) is 48.7 Å². The van der Waals surface area contributed by atoms with Gasteiger partial charge in [0.15, 0.2) is 16.6 Å². The van der Waals surface area contributed by atoms with Gasteiger partial charge in [0.2, 0.25) is 11.7 Å². The normalized spacial score (nSPS) is 10.7. The van der Waals surface area contributed by atoms with Crippen LogP contribution in [0.3, 0.4) is 0 Å². The highest BCUT2D eigenvalue weighted by atomic mass is 32.1. The van der Waals surface area contributed by atoms with E-state index in [2.05, 4.69) is 29.4 Å². The summed E-state index contributed by atoms with van der Waals surface area (Å²) in [5.74, 6) is 1.38. The summed E-state index contributed by atoms with van der Waals surface area (Å²) in [6.45, 7) is 4.07. The summed E-state index contributed by atoms with van der Waals surface area (Å²) in [4.78, 5) is 17.1. The third kappa shape index (κ3) is 3.98. The van der Waals surface area contributed by atoms with Gasteiger partial charge in [-0.1, -0.05) is 17.4 Å². The zero-order valence-corrected chi connectivity index (χ0v) is 16.8. The van der Waals surface area contributed by atoms with Crippen LogP contribution in [0.15, 0.2) is 24.3 Å². The maximum Gasteiger partial charge on any atom is 0.230 e. The van der Waals surface area contributed by atoms with Gasteiger partial charge in [-0.3, -0.25) is 4.79 Å². The van der Waals surface area contributed by atoms with Crippen LogP contribution in [-0.2, 0) is 11.2 Å². The summed E-state index contributed by atoms with van der Waals surface area (Å²) < 4.78 is 17.0. The molecule has 1 aromatic heterocycles. The largest absolute Gasteiger partial charge is 0.493 e. The van der Waals surface area contributed by atoms with E-state index in [1.54, 1.807) is 33.5 Å². The molecule has 0 fully saturated rings. The fourth-order valence-electron chi connectivity index (χ4n) is 3.01. The summed E-state index contributed by atoms with van der Waals surface area (Å²) in [6.07, 6.45) is 0.171. The second-order valence-corrected chi connectivity index (χ2v) is 7.24. The lowest BCUT2D eigenvalue weighted by atomic mass is 10.1. The van der Waals surface area contributed by atoms with E-state index < -0.39 is 0 Å². The first kappa shape index (κ1) is 19.0. The van der Waals surface area contributed by atoms with Crippen LogP contribution in [0, 0.1) is 13.8 Å². The fraction of sp³-hybridized carbons (Fsp3) is 0.300. The number of fused-ring (bicyclic) bond motifs is 1. The van der Waals surface area contributed by atoms with Gasteiger partial charge >= 0.3 is 0 Å². The zero-order chi connectivity index (χ0) is 19.6. The summed E-state index contributed by atoms with van der Waals surface area (Å²) in [7, 11) is 4.64. The minimum absolute atomic E-state index is 0.155. The van der Waals surface area contributed by atoms with Gasteiger partial charge in [0.1, 0.15) is 0 Å². The fourth-order valence-corrected chi connectivity index (χ4v) is 4.07. The van der Waals surface area contributed by atoms with Crippen molar-refractivity contribution < 1.29 is 19.0 Å². The maximum atomic E-state index is 12.5. The number of nitrogens with one attached hydrogen (secondary N) is 1. The van der Waals surface area contributed by atoms with Crippen molar-refractivity contribution in [3.63, 3.8) is 0 Å². The zero-order valence-electron chi connectivity index (χ0n) is 16.0. The molecule has 3 aromatic rings. The Morgan fingerprint density at radius 3 is 2.30 bits per heavy atom. The van der Waals surface area contributed by atoms with Crippen LogP contribution in [0.2, 0.25) is 0 Å². The number of hydrogen-bond donors (Lipinski definition) is 1. The number of ether oxygens (including phenoxy) is 3. The standard InChI is InChI=1S/C20H22N2O4S/c1-11-6-12(2)18-16(7-11)27-20(22-18)21-17(23)10-13-8-14(24-3)19(26-5)15(9-13)25-4/h6-9H,10H2,1-5H3,(H,21,22,23). The Hall–Kier alpha value is -2.80. The number of aryl methyl sites for hydroxylation is 2. The average Bonchev–Trinajstić information content (AvgIpc) is 3.03. The molecule has 1 heterocycles. The van der Waals surface area contributed by atoms with Crippen molar-refractivity contribution in [2.45, 2.75) is 20.3 Å². The molecular formula is C20H22N2O4S. The molecule has 0 aliphatic rings. The number of benzene rings is 2. The second kappa shape index (κ2) is 7.84. The van der Waals surface area contributed by atoms with Crippen molar-refractivity contribution >= 4 is 32.6 Å². The monoisotopic (exact) mass is 386 g/mol. The molecule has 0 atom stereocenters. The number of carbonyl (C=O) groups is 1. The molecule has 0 spiro atoms. The Morgan fingerprint density at radius 1 is 1.04 bits per heavy atom. The summed E-state index contributed by atoms with van der Waals surface area (Å²) in [6, 6.07) is 7.71. The van der Waals surface area contributed by atoms with Crippen LogP contribution in [0.5, 0.6) is 17.2 Å². The highest BCUT2D eigenvalue weighted by Gasteiger charge is 2.16. The molecule has 7 heteroatoms. The molecule has 142 valence electrons. The van der Waals surface area contributed by atoms with Crippen molar-refractivity contribution in [2.75, 3.05) is 26.6 Å². The van der Waals surface area contributed by atoms with E-state index in [-0.39, 0.29) is 12.3 Å². The molecule has 0 aliphatic carbocycles. The van der Waals surface area contributed by atoms with Gasteiger partial charge in [0, 0.05) is 0 Å². The predicted octanol–water partition coefficient (Wildman–Crippen LogP) is 4.12. The highest BCUT2D eigenvalue weighted by Crippen LogP contribution is 2.38. The average molecular weight is 386 g/mol. The van der Waals surface area contributed by atoms with Crippen molar-refractivity contribution in [1.29, 1.82) is 0 Å². The minimum atomic E-state index is -0.155. The molecule has 2 aromatic carbocycles. The quantitative estimate of drug-likeness (QED) is 0.690. The summed E-state index contributed by atoms with van der Waals surface area (Å²) in [5.41, 5.74) is 3.97. The highest BCUT2D eigenvalue weighted by molar-refractivity contribution is 7.22. The molecular weight excluding hydrogens is 364 g/mol. The lowest BCUT2D eigenvalue weighted by Gasteiger charge is -2.13. The number of thiazole rings is 1. The lowest BCUT2D eigenvalue weighted by Crippen LogP contribution is -2.14. The Bertz CT molecular complexity index is 972. The minimum Gasteiger partial charge on any atom is -0.493 e. The second-order valence-electron chi connectivity index (χ2n) is 6.21. The molecule has 0 aliphatic heterocycles. The molecule has 3 rings (SSSR count). The van der Waals surface area contributed by atoms with Gasteiger partial charge in [-0.25, -0.2) is 4.98 Å². The van der Waals surface area contributed by atoms with Crippen LogP contribution >= 0.6 is 11.3 Å². The number of carbonyl (C=O) groups excluding carboxylic acids is 1. The van der Waals surface area contributed by atoms with E-state index in [1.807, 2.05) is 6.92 Å². The first-order chi connectivity index (χ1) is 12.9. The molecule has 6 nitrogen and oxygen atoms in total. The third-order valence-corrected chi connectivity index (χ3v) is 5.08. The Kier molecular flexibility index (Phi) is 5.51. The Balaban J connectivity index is 1.81. The van der Waals surface area contributed by atoms with Gasteiger partial charge in [0.05, 0.1) is 38.0 Å². The van der Waals surface area contributed by atoms with E-state index in [4.69, 9.17) is 14.2 Å². The van der Waals surface area contributed by atoms with Crippen molar-refractivity contribution in [3.8, 4) is 17.2 Å². The lowest BCUT2D eigenvalue weighted by molar-refractivity contribution is -0.115. The van der Waals surface area contributed by atoms with Crippen LogP contribution in [0.25, 0.3) is 10.2 Å². The smallest absolute Gasteiger partial charge is 0.230 e. The summed E-state index contributed by atoms with van der Waals surface area (Å²) >= 11 is 1.47. The van der Waals surface area contributed by atoms with E-state index in [0.717, 1.165) is 21.3 Å². The summed E-state index contributed by atoms with van der Waals surface area (Å²) in [5, 5.41) is 3.48. The van der Waals surface area contributed by atoms with Crippen LogP contribution in [0.1, 0.15) is 16.7 Å². The number of aromatic nitrogens is 1.